The smallest absolute Gasteiger partial charge is 0.324 e. The maximum atomic E-state index is 13.2. The van der Waals surface area contributed by atoms with Crippen molar-refractivity contribution < 1.29 is 21.6 Å². The summed E-state index contributed by atoms with van der Waals surface area (Å²) in [4.78, 5) is 7.62. The van der Waals surface area contributed by atoms with Gasteiger partial charge in [-0.1, -0.05) is 0 Å². The van der Waals surface area contributed by atoms with Gasteiger partial charge < -0.3 is 5.32 Å². The van der Waals surface area contributed by atoms with E-state index < -0.39 is 27.6 Å². The van der Waals surface area contributed by atoms with E-state index in [0.29, 0.717) is 11.9 Å². The molecule has 0 unspecified atom stereocenters. The van der Waals surface area contributed by atoms with Crippen LogP contribution in [0.25, 0.3) is 5.82 Å². The number of benzene rings is 1. The molecular weight excluding hydrogens is 385 g/mol. The van der Waals surface area contributed by atoms with Crippen molar-refractivity contribution in [1.29, 1.82) is 0 Å². The first-order valence-corrected chi connectivity index (χ1v) is 8.94. The minimum Gasteiger partial charge on any atom is -0.324 e. The van der Waals surface area contributed by atoms with Gasteiger partial charge >= 0.3 is 6.18 Å². The summed E-state index contributed by atoms with van der Waals surface area (Å²) in [6.45, 7) is 0. The van der Waals surface area contributed by atoms with E-state index in [1.807, 2.05) is 0 Å². The summed E-state index contributed by atoms with van der Waals surface area (Å²) in [5.41, 5.74) is -0.636. The van der Waals surface area contributed by atoms with Gasteiger partial charge in [0, 0.05) is 24.3 Å². The van der Waals surface area contributed by atoms with Crippen molar-refractivity contribution in [2.24, 2.45) is 0 Å². The molecule has 0 fully saturated rings. The van der Waals surface area contributed by atoms with Crippen LogP contribution in [-0.2, 0) is 16.2 Å². The molecule has 1 aromatic carbocycles. The number of nitrogens with zero attached hydrogens (tertiary/aromatic N) is 4. The first-order valence-electron chi connectivity index (χ1n) is 7.45. The minimum absolute atomic E-state index is 0.0427. The quantitative estimate of drug-likeness (QED) is 0.684. The van der Waals surface area contributed by atoms with E-state index in [1.165, 1.54) is 49.8 Å². The highest BCUT2D eigenvalue weighted by Gasteiger charge is 2.36. The fourth-order valence-corrected chi connectivity index (χ4v) is 2.90. The van der Waals surface area contributed by atoms with Crippen molar-refractivity contribution >= 4 is 21.7 Å². The Morgan fingerprint density at radius 2 is 1.85 bits per heavy atom. The molecular formula is C15H13F3N6O2S. The number of hydrogen-bond donors (Lipinski definition) is 2. The second-order valence-corrected chi connectivity index (χ2v) is 7.12. The Labute approximate surface area is 152 Å². The SMILES string of the molecule is CNS(=O)(=O)c1ccc(Nc2ncc(C(F)(F)F)c(-n3cccn3)n2)cc1. The van der Waals surface area contributed by atoms with E-state index in [0.717, 1.165) is 4.68 Å². The molecule has 2 N–H and O–H groups in total. The molecule has 0 radical (unpaired) electrons. The summed E-state index contributed by atoms with van der Waals surface area (Å²) in [5, 5.41) is 6.52. The van der Waals surface area contributed by atoms with Gasteiger partial charge in [0.05, 0.1) is 4.90 Å². The van der Waals surface area contributed by atoms with Gasteiger partial charge in [0.15, 0.2) is 5.82 Å². The number of anilines is 2. The molecule has 12 heteroatoms. The lowest BCUT2D eigenvalue weighted by Crippen LogP contribution is -2.18. The zero-order valence-corrected chi connectivity index (χ0v) is 14.6. The van der Waals surface area contributed by atoms with Crippen LogP contribution in [0.15, 0.2) is 53.8 Å². The molecule has 2 aromatic heterocycles. The number of nitrogens with one attached hydrogen (secondary N) is 2. The number of alkyl halides is 3. The maximum Gasteiger partial charge on any atom is 0.421 e. The number of rotatable bonds is 5. The summed E-state index contributed by atoms with van der Waals surface area (Å²) < 4.78 is 66.1. The molecule has 3 aromatic rings. The molecule has 142 valence electrons. The van der Waals surface area contributed by atoms with Gasteiger partial charge in [0.2, 0.25) is 16.0 Å². The predicted octanol–water partition coefficient (Wildman–Crippen LogP) is 2.33. The van der Waals surface area contributed by atoms with Gasteiger partial charge in [-0.2, -0.15) is 23.3 Å². The lowest BCUT2D eigenvalue weighted by Gasteiger charge is -2.13. The van der Waals surface area contributed by atoms with E-state index in [2.05, 4.69) is 25.1 Å². The number of hydrogen-bond acceptors (Lipinski definition) is 6. The standard InChI is InChI=1S/C15H13F3N6O2S/c1-19-27(25,26)11-5-3-10(4-6-11)22-14-20-9-12(15(16,17)18)13(23-14)24-8-2-7-21-24/h2-9,19H,1H3,(H,20,22,23). The first kappa shape index (κ1) is 18.8. The molecule has 0 saturated carbocycles. The van der Waals surface area contributed by atoms with Crippen LogP contribution in [0, 0.1) is 0 Å². The van der Waals surface area contributed by atoms with Gasteiger partial charge in [-0.15, -0.1) is 0 Å². The Balaban J connectivity index is 1.93. The lowest BCUT2D eigenvalue weighted by atomic mass is 10.3. The fraction of sp³-hybridized carbons (Fsp3) is 0.133. The Hall–Kier alpha value is -2.99. The van der Waals surface area contributed by atoms with Gasteiger partial charge in [0.25, 0.3) is 0 Å². The first-order chi connectivity index (χ1) is 12.7. The van der Waals surface area contributed by atoms with Crippen molar-refractivity contribution in [2.75, 3.05) is 12.4 Å². The molecule has 0 amide bonds. The third-order valence-electron chi connectivity index (χ3n) is 3.48. The van der Waals surface area contributed by atoms with Gasteiger partial charge in [0.1, 0.15) is 5.56 Å². The van der Waals surface area contributed by atoms with Crippen LogP contribution in [0.4, 0.5) is 24.8 Å². The monoisotopic (exact) mass is 398 g/mol. The van der Waals surface area contributed by atoms with Crippen LogP contribution in [0.2, 0.25) is 0 Å². The van der Waals surface area contributed by atoms with Crippen LogP contribution in [0.1, 0.15) is 5.56 Å². The second kappa shape index (κ2) is 6.96. The molecule has 0 saturated heterocycles. The fourth-order valence-electron chi connectivity index (χ4n) is 2.17. The Kier molecular flexibility index (Phi) is 4.85. The van der Waals surface area contributed by atoms with Crippen molar-refractivity contribution in [1.82, 2.24) is 24.5 Å². The summed E-state index contributed by atoms with van der Waals surface area (Å²) >= 11 is 0. The average molecular weight is 398 g/mol. The Bertz CT molecular complexity index is 1030. The molecule has 0 aliphatic heterocycles. The van der Waals surface area contributed by atoms with E-state index >= 15 is 0 Å². The molecule has 27 heavy (non-hydrogen) atoms. The van der Waals surface area contributed by atoms with Crippen LogP contribution >= 0.6 is 0 Å². The van der Waals surface area contributed by atoms with Crippen LogP contribution < -0.4 is 10.0 Å². The van der Waals surface area contributed by atoms with Gasteiger partial charge in [-0.3, -0.25) is 0 Å². The Morgan fingerprint density at radius 1 is 1.15 bits per heavy atom. The van der Waals surface area contributed by atoms with Gasteiger partial charge in [-0.05, 0) is 37.4 Å². The molecule has 0 bridgehead atoms. The summed E-state index contributed by atoms with van der Waals surface area (Å²) in [6, 6.07) is 7.04. The van der Waals surface area contributed by atoms with E-state index in [9.17, 15) is 21.6 Å². The van der Waals surface area contributed by atoms with Crippen molar-refractivity contribution in [3.05, 3.63) is 54.5 Å². The van der Waals surface area contributed by atoms with Gasteiger partial charge in [-0.25, -0.2) is 22.8 Å². The number of sulfonamides is 1. The molecule has 3 rings (SSSR count). The van der Waals surface area contributed by atoms with Crippen LogP contribution in [0.5, 0.6) is 0 Å². The minimum atomic E-state index is -4.65. The third kappa shape index (κ3) is 4.06. The molecule has 2 heterocycles. The predicted molar refractivity (Wildman–Crippen MR) is 90.1 cm³/mol. The van der Waals surface area contributed by atoms with Crippen LogP contribution in [-0.4, -0.2) is 35.2 Å². The Morgan fingerprint density at radius 3 is 2.41 bits per heavy atom. The summed E-state index contributed by atoms with van der Waals surface area (Å²) in [6.07, 6.45) is -1.33. The number of aromatic nitrogens is 4. The van der Waals surface area contributed by atoms with E-state index in [4.69, 9.17) is 0 Å². The van der Waals surface area contributed by atoms with Crippen molar-refractivity contribution in [2.45, 2.75) is 11.1 Å². The molecule has 0 spiro atoms. The van der Waals surface area contributed by atoms with Crippen LogP contribution in [0.3, 0.4) is 0 Å². The highest BCUT2D eigenvalue weighted by molar-refractivity contribution is 7.89. The normalized spacial score (nSPS) is 12.1. The van der Waals surface area contributed by atoms with E-state index in [-0.39, 0.29) is 10.8 Å². The van der Waals surface area contributed by atoms with E-state index in [1.54, 1.807) is 0 Å². The zero-order valence-electron chi connectivity index (χ0n) is 13.8. The average Bonchev–Trinajstić information content (AvgIpc) is 3.16. The highest BCUT2D eigenvalue weighted by atomic mass is 32.2. The third-order valence-corrected chi connectivity index (χ3v) is 4.92. The molecule has 0 aliphatic carbocycles. The highest BCUT2D eigenvalue weighted by Crippen LogP contribution is 2.33. The topological polar surface area (TPSA) is 102 Å². The zero-order chi connectivity index (χ0) is 19.7. The van der Waals surface area contributed by atoms with Crippen molar-refractivity contribution in [3.63, 3.8) is 0 Å². The molecule has 8 nitrogen and oxygen atoms in total. The molecule has 0 atom stereocenters. The number of halogens is 3. The molecule has 0 aliphatic rings. The summed E-state index contributed by atoms with van der Waals surface area (Å²) in [5.74, 6) is -0.530. The second-order valence-electron chi connectivity index (χ2n) is 5.24. The lowest BCUT2D eigenvalue weighted by molar-refractivity contribution is -0.138. The largest absolute Gasteiger partial charge is 0.421 e. The summed E-state index contributed by atoms with van der Waals surface area (Å²) in [7, 11) is -2.31. The van der Waals surface area contributed by atoms with Crippen molar-refractivity contribution in [3.8, 4) is 5.82 Å². The maximum absolute atomic E-state index is 13.2.